The Bertz CT molecular complexity index is 429. The van der Waals surface area contributed by atoms with Gasteiger partial charge in [0.15, 0.2) is 0 Å². The predicted octanol–water partition coefficient (Wildman–Crippen LogP) is 1.25. The van der Waals surface area contributed by atoms with Gasteiger partial charge in [-0.1, -0.05) is 13.3 Å². The minimum Gasteiger partial charge on any atom is -0.355 e. The van der Waals surface area contributed by atoms with Crippen molar-refractivity contribution >= 4 is 5.91 Å². The van der Waals surface area contributed by atoms with Gasteiger partial charge in [0.25, 0.3) is 0 Å². The second kappa shape index (κ2) is 6.88. The molecule has 2 rings (SSSR count). The molecule has 0 unspecified atom stereocenters. The van der Waals surface area contributed by atoms with Crippen molar-refractivity contribution in [1.29, 1.82) is 0 Å². The van der Waals surface area contributed by atoms with Gasteiger partial charge in [0.2, 0.25) is 5.91 Å². The highest BCUT2D eigenvalue weighted by Crippen LogP contribution is 2.34. The van der Waals surface area contributed by atoms with E-state index in [4.69, 9.17) is 0 Å². The predicted molar refractivity (Wildman–Crippen MR) is 79.4 cm³/mol. The molecule has 1 aromatic heterocycles. The van der Waals surface area contributed by atoms with Gasteiger partial charge in [0.05, 0.1) is 5.41 Å². The maximum atomic E-state index is 12.6. The summed E-state index contributed by atoms with van der Waals surface area (Å²) < 4.78 is 1.86. The maximum absolute atomic E-state index is 12.6. The van der Waals surface area contributed by atoms with E-state index in [-0.39, 0.29) is 11.3 Å². The highest BCUT2D eigenvalue weighted by atomic mass is 16.2. The van der Waals surface area contributed by atoms with Crippen molar-refractivity contribution < 1.29 is 4.79 Å². The van der Waals surface area contributed by atoms with Crippen LogP contribution in [-0.4, -0.2) is 35.3 Å². The normalized spacial score (nSPS) is 17.9. The SMILES string of the molecule is CCCC1(C(=O)NCCc2ccnn2C)CCNCC1. The minimum atomic E-state index is -0.146. The van der Waals surface area contributed by atoms with E-state index in [2.05, 4.69) is 22.7 Å². The molecule has 20 heavy (non-hydrogen) atoms. The zero-order valence-corrected chi connectivity index (χ0v) is 12.6. The number of carbonyl (C=O) groups excluding carboxylic acids is 1. The van der Waals surface area contributed by atoms with E-state index in [0.717, 1.165) is 50.9 Å². The van der Waals surface area contributed by atoms with Crippen LogP contribution in [0.3, 0.4) is 0 Å². The number of amides is 1. The number of aryl methyl sites for hydroxylation is 1. The molecular weight excluding hydrogens is 252 g/mol. The van der Waals surface area contributed by atoms with Crippen LogP contribution in [-0.2, 0) is 18.3 Å². The minimum absolute atomic E-state index is 0.146. The summed E-state index contributed by atoms with van der Waals surface area (Å²) in [5.74, 6) is 0.239. The van der Waals surface area contributed by atoms with Crippen LogP contribution in [0, 0.1) is 5.41 Å². The standard InChI is InChI=1S/C15H26N4O/c1-3-6-15(7-11-16-12-8-15)14(20)17-9-4-13-5-10-18-19(13)2/h5,10,16H,3-4,6-9,11-12H2,1-2H3,(H,17,20). The summed E-state index contributed by atoms with van der Waals surface area (Å²) >= 11 is 0. The van der Waals surface area contributed by atoms with Gasteiger partial charge < -0.3 is 10.6 Å². The number of nitrogens with zero attached hydrogens (tertiary/aromatic N) is 2. The average Bonchev–Trinajstić information content (AvgIpc) is 2.86. The van der Waals surface area contributed by atoms with Crippen LogP contribution in [0.2, 0.25) is 0 Å². The van der Waals surface area contributed by atoms with Crippen molar-refractivity contribution in [2.75, 3.05) is 19.6 Å². The van der Waals surface area contributed by atoms with Gasteiger partial charge in [0, 0.05) is 31.9 Å². The van der Waals surface area contributed by atoms with E-state index < -0.39 is 0 Å². The fraction of sp³-hybridized carbons (Fsp3) is 0.733. The Kier molecular flexibility index (Phi) is 5.17. The molecule has 0 atom stereocenters. The largest absolute Gasteiger partial charge is 0.355 e. The molecule has 112 valence electrons. The summed E-state index contributed by atoms with van der Waals surface area (Å²) in [5.41, 5.74) is 1.01. The Morgan fingerprint density at radius 3 is 2.85 bits per heavy atom. The number of carbonyl (C=O) groups is 1. The lowest BCUT2D eigenvalue weighted by molar-refractivity contribution is -0.133. The zero-order chi connectivity index (χ0) is 14.4. The molecule has 2 N–H and O–H groups in total. The first-order chi connectivity index (χ1) is 9.68. The average molecular weight is 278 g/mol. The van der Waals surface area contributed by atoms with Crippen molar-refractivity contribution in [2.45, 2.75) is 39.0 Å². The van der Waals surface area contributed by atoms with E-state index >= 15 is 0 Å². The summed E-state index contributed by atoms with van der Waals surface area (Å²) in [5, 5.41) is 10.6. The van der Waals surface area contributed by atoms with Crippen molar-refractivity contribution in [2.24, 2.45) is 12.5 Å². The Labute approximate surface area is 121 Å². The number of hydrogen-bond acceptors (Lipinski definition) is 3. The monoisotopic (exact) mass is 278 g/mol. The van der Waals surface area contributed by atoms with Crippen LogP contribution in [0.15, 0.2) is 12.3 Å². The maximum Gasteiger partial charge on any atom is 0.226 e. The molecule has 0 bridgehead atoms. The van der Waals surface area contributed by atoms with Gasteiger partial charge in [-0.05, 0) is 38.4 Å². The molecule has 0 spiro atoms. The van der Waals surface area contributed by atoms with Gasteiger partial charge in [-0.2, -0.15) is 5.10 Å². The summed E-state index contributed by atoms with van der Waals surface area (Å²) in [7, 11) is 1.93. The number of rotatable bonds is 6. The van der Waals surface area contributed by atoms with E-state index in [1.165, 1.54) is 0 Å². The summed E-state index contributed by atoms with van der Waals surface area (Å²) in [6, 6.07) is 2.00. The number of piperidine rings is 1. The Balaban J connectivity index is 1.87. The zero-order valence-electron chi connectivity index (χ0n) is 12.6. The van der Waals surface area contributed by atoms with Crippen molar-refractivity contribution in [3.8, 4) is 0 Å². The lowest BCUT2D eigenvalue weighted by Gasteiger charge is -2.36. The fourth-order valence-corrected chi connectivity index (χ4v) is 3.11. The molecule has 1 aliphatic heterocycles. The van der Waals surface area contributed by atoms with Crippen molar-refractivity contribution in [3.63, 3.8) is 0 Å². The van der Waals surface area contributed by atoms with Gasteiger partial charge in [0.1, 0.15) is 0 Å². The first-order valence-electron chi connectivity index (χ1n) is 7.64. The van der Waals surface area contributed by atoms with E-state index in [0.29, 0.717) is 6.54 Å². The highest BCUT2D eigenvalue weighted by molar-refractivity contribution is 5.82. The Morgan fingerprint density at radius 1 is 1.50 bits per heavy atom. The highest BCUT2D eigenvalue weighted by Gasteiger charge is 2.38. The third-order valence-corrected chi connectivity index (χ3v) is 4.36. The molecular formula is C15H26N4O. The van der Waals surface area contributed by atoms with Gasteiger partial charge in [-0.15, -0.1) is 0 Å². The molecule has 0 saturated carbocycles. The molecule has 1 amide bonds. The van der Waals surface area contributed by atoms with Crippen molar-refractivity contribution in [1.82, 2.24) is 20.4 Å². The van der Waals surface area contributed by atoms with Crippen LogP contribution >= 0.6 is 0 Å². The summed E-state index contributed by atoms with van der Waals surface area (Å²) in [6.07, 6.45) is 6.60. The second-order valence-electron chi connectivity index (χ2n) is 5.73. The van der Waals surface area contributed by atoms with Crippen molar-refractivity contribution in [3.05, 3.63) is 18.0 Å². The third-order valence-electron chi connectivity index (χ3n) is 4.36. The van der Waals surface area contributed by atoms with Gasteiger partial charge >= 0.3 is 0 Å². The molecule has 1 saturated heterocycles. The van der Waals surface area contributed by atoms with Crippen LogP contribution in [0.5, 0.6) is 0 Å². The van der Waals surface area contributed by atoms with E-state index in [1.54, 1.807) is 6.20 Å². The third kappa shape index (κ3) is 3.39. The molecule has 2 heterocycles. The molecule has 1 fully saturated rings. The van der Waals surface area contributed by atoms with Gasteiger partial charge in [-0.25, -0.2) is 0 Å². The topological polar surface area (TPSA) is 59.0 Å². The summed E-state index contributed by atoms with van der Waals surface area (Å²) in [6.45, 7) is 4.76. The molecule has 5 nitrogen and oxygen atoms in total. The number of nitrogens with one attached hydrogen (secondary N) is 2. The van der Waals surface area contributed by atoms with Crippen LogP contribution in [0.1, 0.15) is 38.3 Å². The van der Waals surface area contributed by atoms with Crippen LogP contribution < -0.4 is 10.6 Å². The lowest BCUT2D eigenvalue weighted by atomic mass is 9.74. The van der Waals surface area contributed by atoms with E-state index in [9.17, 15) is 4.79 Å². The van der Waals surface area contributed by atoms with E-state index in [1.807, 2.05) is 17.8 Å². The van der Waals surface area contributed by atoms with Crippen LogP contribution in [0.25, 0.3) is 0 Å². The molecule has 0 radical (unpaired) electrons. The molecule has 1 aliphatic rings. The number of hydrogen-bond donors (Lipinski definition) is 2. The first-order valence-corrected chi connectivity index (χ1v) is 7.64. The Morgan fingerprint density at radius 2 is 2.25 bits per heavy atom. The van der Waals surface area contributed by atoms with Crippen LogP contribution in [0.4, 0.5) is 0 Å². The molecule has 5 heteroatoms. The molecule has 0 aromatic carbocycles. The molecule has 1 aromatic rings. The number of aromatic nitrogens is 2. The second-order valence-corrected chi connectivity index (χ2v) is 5.73. The smallest absolute Gasteiger partial charge is 0.226 e. The Hall–Kier alpha value is -1.36. The quantitative estimate of drug-likeness (QED) is 0.823. The molecule has 0 aliphatic carbocycles. The summed E-state index contributed by atoms with van der Waals surface area (Å²) in [4.78, 5) is 12.6. The first kappa shape index (κ1) is 15.0. The fourth-order valence-electron chi connectivity index (χ4n) is 3.11. The lowest BCUT2D eigenvalue weighted by Crippen LogP contribution is -2.48. The van der Waals surface area contributed by atoms with Gasteiger partial charge in [-0.3, -0.25) is 9.48 Å².